The second-order valence-electron chi connectivity index (χ2n) is 5.28. The molecule has 4 atom stereocenters. The summed E-state index contributed by atoms with van der Waals surface area (Å²) in [6.45, 7) is 4.00. The maximum Gasteiger partial charge on any atom is 0.303 e. The van der Waals surface area contributed by atoms with Crippen molar-refractivity contribution in [3.8, 4) is 0 Å². The van der Waals surface area contributed by atoms with Crippen molar-refractivity contribution in [3.63, 3.8) is 0 Å². The number of hydrogen-bond donors (Lipinski definition) is 0. The largest absolute Gasteiger partial charge is 0.463 e. The highest BCUT2D eigenvalue weighted by atomic mass is 16.7. The topological polar surface area (TPSA) is 124 Å². The first-order chi connectivity index (χ1) is 11.7. The predicted molar refractivity (Wildman–Crippen MR) is 79.0 cm³/mol. The Bertz CT molecular complexity index is 459. The minimum Gasteiger partial charge on any atom is -0.463 e. The van der Waals surface area contributed by atoms with Gasteiger partial charge in [-0.2, -0.15) is 0 Å². The van der Waals surface area contributed by atoms with Crippen LogP contribution in [0.3, 0.4) is 0 Å². The van der Waals surface area contributed by atoms with E-state index >= 15 is 0 Å². The van der Waals surface area contributed by atoms with Crippen molar-refractivity contribution >= 4 is 23.9 Å². The molecule has 142 valence electrons. The van der Waals surface area contributed by atoms with Crippen LogP contribution >= 0.6 is 0 Å². The molecule has 0 amide bonds. The van der Waals surface area contributed by atoms with Crippen LogP contribution in [0.5, 0.6) is 0 Å². The molecule has 1 fully saturated rings. The first-order valence-corrected chi connectivity index (χ1v) is 7.55. The van der Waals surface area contributed by atoms with Gasteiger partial charge in [0.2, 0.25) is 0 Å². The van der Waals surface area contributed by atoms with Crippen LogP contribution in [0.2, 0.25) is 0 Å². The van der Waals surface area contributed by atoms with Crippen LogP contribution in [0.25, 0.3) is 0 Å². The maximum absolute atomic E-state index is 11.5. The number of rotatable bonds is 6. The van der Waals surface area contributed by atoms with E-state index in [-0.39, 0.29) is 20.0 Å². The number of hydrogen-bond acceptors (Lipinski definition) is 10. The van der Waals surface area contributed by atoms with E-state index in [4.69, 9.17) is 28.4 Å². The summed E-state index contributed by atoms with van der Waals surface area (Å²) in [6.07, 6.45) is -4.11. The van der Waals surface area contributed by atoms with Crippen molar-refractivity contribution in [2.75, 3.05) is 20.0 Å². The monoisotopic (exact) mass is 362 g/mol. The van der Waals surface area contributed by atoms with E-state index < -0.39 is 48.3 Å². The van der Waals surface area contributed by atoms with Crippen molar-refractivity contribution in [1.82, 2.24) is 0 Å². The van der Waals surface area contributed by atoms with E-state index in [9.17, 15) is 19.2 Å². The molecule has 0 saturated carbocycles. The zero-order chi connectivity index (χ0) is 19.0. The third-order valence-corrected chi connectivity index (χ3v) is 3.13. The van der Waals surface area contributed by atoms with Gasteiger partial charge in [0.1, 0.15) is 32.2 Å². The summed E-state index contributed by atoms with van der Waals surface area (Å²) >= 11 is 0. The first kappa shape index (κ1) is 20.8. The third kappa shape index (κ3) is 7.48. The average molecular weight is 362 g/mol. The Kier molecular flexibility index (Phi) is 8.29. The normalized spacial score (nSPS) is 26.1. The molecule has 0 aromatic rings. The zero-order valence-electron chi connectivity index (χ0n) is 14.5. The Labute approximate surface area is 144 Å². The van der Waals surface area contributed by atoms with Crippen molar-refractivity contribution in [2.24, 2.45) is 0 Å². The van der Waals surface area contributed by atoms with Gasteiger partial charge in [0, 0.05) is 27.7 Å². The molecule has 25 heavy (non-hydrogen) atoms. The molecule has 0 aliphatic carbocycles. The summed E-state index contributed by atoms with van der Waals surface area (Å²) in [5.41, 5.74) is 0. The van der Waals surface area contributed by atoms with Gasteiger partial charge in [-0.25, -0.2) is 0 Å². The SMILES string of the molecule is CC(=O)OC[C@@H]1OCO[C@@H](COC(C)=O)C(OC(C)=O)C1OC(C)=O. The number of carbonyl (C=O) groups excluding carboxylic acids is 4. The highest BCUT2D eigenvalue weighted by Gasteiger charge is 2.44. The molecule has 10 heteroatoms. The highest BCUT2D eigenvalue weighted by Crippen LogP contribution is 2.23. The van der Waals surface area contributed by atoms with Gasteiger partial charge in [-0.1, -0.05) is 0 Å². The van der Waals surface area contributed by atoms with Crippen LogP contribution < -0.4 is 0 Å². The van der Waals surface area contributed by atoms with Crippen LogP contribution in [0.15, 0.2) is 0 Å². The summed E-state index contributed by atoms with van der Waals surface area (Å²) in [6, 6.07) is 0. The standard InChI is InChI=1S/C15H22O10/c1-8(16)20-5-12-14(24-10(3)18)15(25-11(4)19)13(23-7-22-12)6-21-9(2)17/h12-15H,5-7H2,1-4H3/t12-,13-,14?,15?/m0/s1. The summed E-state index contributed by atoms with van der Waals surface area (Å²) in [4.78, 5) is 45.0. The quantitative estimate of drug-likeness (QED) is 0.460. The Morgan fingerprint density at radius 1 is 0.720 bits per heavy atom. The van der Waals surface area contributed by atoms with E-state index in [1.165, 1.54) is 27.7 Å². The van der Waals surface area contributed by atoms with Crippen molar-refractivity contribution in [1.29, 1.82) is 0 Å². The fourth-order valence-electron chi connectivity index (χ4n) is 2.18. The summed E-state index contributed by atoms with van der Waals surface area (Å²) in [7, 11) is 0. The summed E-state index contributed by atoms with van der Waals surface area (Å²) < 4.78 is 31.0. The van der Waals surface area contributed by atoms with Crippen molar-refractivity contribution in [2.45, 2.75) is 52.1 Å². The number of esters is 4. The lowest BCUT2D eigenvalue weighted by atomic mass is 10.0. The van der Waals surface area contributed by atoms with E-state index in [1.54, 1.807) is 0 Å². The van der Waals surface area contributed by atoms with Gasteiger partial charge in [-0.05, 0) is 0 Å². The minimum atomic E-state index is -1.12. The molecule has 1 heterocycles. The van der Waals surface area contributed by atoms with Crippen LogP contribution in [0.1, 0.15) is 27.7 Å². The van der Waals surface area contributed by atoms with E-state index in [0.717, 1.165) is 0 Å². The summed E-state index contributed by atoms with van der Waals surface area (Å²) in [5, 5.41) is 0. The highest BCUT2D eigenvalue weighted by molar-refractivity contribution is 5.68. The molecule has 0 N–H and O–H groups in total. The van der Waals surface area contributed by atoms with E-state index in [1.807, 2.05) is 0 Å². The molecular formula is C15H22O10. The fraction of sp³-hybridized carbons (Fsp3) is 0.733. The smallest absolute Gasteiger partial charge is 0.303 e. The lowest BCUT2D eigenvalue weighted by molar-refractivity contribution is -0.184. The molecule has 0 bridgehead atoms. The summed E-state index contributed by atoms with van der Waals surface area (Å²) in [5.74, 6) is -2.44. The second kappa shape index (κ2) is 9.94. The molecule has 0 aromatic heterocycles. The van der Waals surface area contributed by atoms with Gasteiger partial charge in [-0.3, -0.25) is 19.2 Å². The molecule has 1 aliphatic rings. The van der Waals surface area contributed by atoms with Crippen LogP contribution in [0, 0.1) is 0 Å². The zero-order valence-corrected chi connectivity index (χ0v) is 14.5. The lowest BCUT2D eigenvalue weighted by Gasteiger charge is -2.31. The predicted octanol–water partition coefficient (Wildman–Crippen LogP) is -0.282. The van der Waals surface area contributed by atoms with Crippen molar-refractivity contribution < 1.29 is 47.6 Å². The fourth-order valence-corrected chi connectivity index (χ4v) is 2.18. The van der Waals surface area contributed by atoms with Crippen LogP contribution in [-0.4, -0.2) is 68.3 Å². The third-order valence-electron chi connectivity index (χ3n) is 3.13. The van der Waals surface area contributed by atoms with Gasteiger partial charge in [0.05, 0.1) is 0 Å². The maximum atomic E-state index is 11.5. The molecule has 10 nitrogen and oxygen atoms in total. The average Bonchev–Trinajstić information content (AvgIpc) is 2.63. The number of carbonyl (C=O) groups is 4. The molecule has 1 rings (SSSR count). The minimum absolute atomic E-state index is 0.241. The Balaban J connectivity index is 3.05. The van der Waals surface area contributed by atoms with Crippen molar-refractivity contribution in [3.05, 3.63) is 0 Å². The molecule has 0 radical (unpaired) electrons. The molecule has 1 aliphatic heterocycles. The lowest BCUT2D eigenvalue weighted by Crippen LogP contribution is -2.51. The Hall–Kier alpha value is -2.20. The van der Waals surface area contributed by atoms with Crippen LogP contribution in [-0.2, 0) is 47.6 Å². The first-order valence-electron chi connectivity index (χ1n) is 7.55. The van der Waals surface area contributed by atoms with Crippen LogP contribution in [0.4, 0.5) is 0 Å². The molecule has 0 spiro atoms. The second-order valence-corrected chi connectivity index (χ2v) is 5.28. The molecule has 2 unspecified atom stereocenters. The van der Waals surface area contributed by atoms with E-state index in [0.29, 0.717) is 0 Å². The van der Waals surface area contributed by atoms with Gasteiger partial charge in [0.15, 0.2) is 12.2 Å². The number of ether oxygens (including phenoxy) is 6. The van der Waals surface area contributed by atoms with Gasteiger partial charge >= 0.3 is 23.9 Å². The Morgan fingerprint density at radius 3 is 1.36 bits per heavy atom. The molecular weight excluding hydrogens is 340 g/mol. The molecule has 0 aromatic carbocycles. The van der Waals surface area contributed by atoms with Gasteiger partial charge in [0.25, 0.3) is 0 Å². The van der Waals surface area contributed by atoms with Gasteiger partial charge < -0.3 is 28.4 Å². The van der Waals surface area contributed by atoms with Gasteiger partial charge in [-0.15, -0.1) is 0 Å². The van der Waals surface area contributed by atoms with E-state index in [2.05, 4.69) is 0 Å². The Morgan fingerprint density at radius 2 is 1.08 bits per heavy atom. The molecule has 1 saturated heterocycles.